The maximum Gasteiger partial charge on any atom is 0.119 e. The molecule has 1 fully saturated rings. The summed E-state index contributed by atoms with van der Waals surface area (Å²) in [6.07, 6.45) is 2.18. The van der Waals surface area contributed by atoms with E-state index < -0.39 is 5.54 Å². The summed E-state index contributed by atoms with van der Waals surface area (Å²) in [5.41, 5.74) is 6.79. The zero-order valence-electron chi connectivity index (χ0n) is 11.5. The lowest BCUT2D eigenvalue weighted by molar-refractivity contribution is 0.160. The van der Waals surface area contributed by atoms with Crippen LogP contribution in [0.3, 0.4) is 0 Å². The first-order valence-corrected chi connectivity index (χ1v) is 6.91. The fraction of sp³-hybridized carbons (Fsp3) is 0.600. The summed E-state index contributed by atoms with van der Waals surface area (Å²) in [5, 5.41) is 9.38. The van der Waals surface area contributed by atoms with E-state index in [9.17, 15) is 5.11 Å². The number of rotatable bonds is 6. The molecule has 0 saturated carbocycles. The summed E-state index contributed by atoms with van der Waals surface area (Å²) >= 11 is 0. The smallest absolute Gasteiger partial charge is 0.119 e. The maximum absolute atomic E-state index is 9.38. The van der Waals surface area contributed by atoms with E-state index >= 15 is 0 Å². The van der Waals surface area contributed by atoms with Gasteiger partial charge in [0.05, 0.1) is 32.0 Å². The Bertz CT molecular complexity index is 393. The van der Waals surface area contributed by atoms with Crippen molar-refractivity contribution in [2.24, 2.45) is 11.7 Å². The molecule has 4 nitrogen and oxygen atoms in total. The minimum absolute atomic E-state index is 0.0423. The van der Waals surface area contributed by atoms with Crippen molar-refractivity contribution in [3.8, 4) is 5.75 Å². The lowest BCUT2D eigenvalue weighted by Crippen LogP contribution is -2.45. The van der Waals surface area contributed by atoms with Crippen LogP contribution in [-0.4, -0.2) is 31.5 Å². The number of aliphatic hydroxyl groups is 1. The number of hydrogen-bond donors (Lipinski definition) is 2. The topological polar surface area (TPSA) is 64.7 Å². The van der Waals surface area contributed by atoms with E-state index in [-0.39, 0.29) is 12.5 Å². The Kier molecular flexibility index (Phi) is 4.80. The monoisotopic (exact) mass is 265 g/mol. The molecule has 0 radical (unpaired) electrons. The van der Waals surface area contributed by atoms with Crippen molar-refractivity contribution in [2.75, 3.05) is 26.4 Å². The van der Waals surface area contributed by atoms with Gasteiger partial charge in [0.15, 0.2) is 0 Å². The molecule has 0 bridgehead atoms. The van der Waals surface area contributed by atoms with Crippen molar-refractivity contribution in [2.45, 2.75) is 25.3 Å². The van der Waals surface area contributed by atoms with Crippen molar-refractivity contribution >= 4 is 0 Å². The molecule has 1 aliphatic rings. The van der Waals surface area contributed by atoms with Crippen LogP contribution in [0.15, 0.2) is 24.3 Å². The zero-order valence-corrected chi connectivity index (χ0v) is 11.5. The van der Waals surface area contributed by atoms with Gasteiger partial charge in [-0.2, -0.15) is 0 Å². The van der Waals surface area contributed by atoms with Gasteiger partial charge in [-0.1, -0.05) is 25.5 Å². The van der Waals surface area contributed by atoms with E-state index in [1.165, 1.54) is 0 Å². The molecule has 0 amide bonds. The molecule has 19 heavy (non-hydrogen) atoms. The van der Waals surface area contributed by atoms with Crippen LogP contribution in [-0.2, 0) is 10.3 Å². The first kappa shape index (κ1) is 14.3. The molecule has 2 rings (SSSR count). The maximum atomic E-state index is 9.38. The lowest BCUT2D eigenvalue weighted by atomic mass is 9.82. The highest BCUT2D eigenvalue weighted by Crippen LogP contribution is 2.33. The molecular weight excluding hydrogens is 242 g/mol. The number of aliphatic hydroxyl groups excluding tert-OH is 1. The second-order valence-corrected chi connectivity index (χ2v) is 5.16. The van der Waals surface area contributed by atoms with Gasteiger partial charge in [-0.15, -0.1) is 0 Å². The summed E-state index contributed by atoms with van der Waals surface area (Å²) in [5.74, 6) is 0.819. The minimum atomic E-state index is -0.587. The molecule has 3 N–H and O–H groups in total. The Hall–Kier alpha value is -1.10. The highest BCUT2D eigenvalue weighted by molar-refractivity contribution is 5.33. The van der Waals surface area contributed by atoms with Gasteiger partial charge in [0, 0.05) is 5.92 Å². The van der Waals surface area contributed by atoms with Gasteiger partial charge >= 0.3 is 0 Å². The van der Waals surface area contributed by atoms with Crippen LogP contribution in [0.2, 0.25) is 0 Å². The van der Waals surface area contributed by atoms with Gasteiger partial charge in [-0.05, 0) is 24.1 Å². The second-order valence-electron chi connectivity index (χ2n) is 5.16. The van der Waals surface area contributed by atoms with E-state index in [4.69, 9.17) is 15.2 Å². The van der Waals surface area contributed by atoms with Gasteiger partial charge in [-0.3, -0.25) is 0 Å². The molecule has 0 unspecified atom stereocenters. The Morgan fingerprint density at radius 3 is 2.79 bits per heavy atom. The Morgan fingerprint density at radius 2 is 2.16 bits per heavy atom. The number of unbranched alkanes of at least 4 members (excludes halogenated alkanes) is 1. The lowest BCUT2D eigenvalue weighted by Gasteiger charge is -2.28. The summed E-state index contributed by atoms with van der Waals surface area (Å²) in [6.45, 7) is 3.90. The molecule has 1 aromatic carbocycles. The Labute approximate surface area is 114 Å². The van der Waals surface area contributed by atoms with Crippen molar-refractivity contribution in [3.63, 3.8) is 0 Å². The summed E-state index contributed by atoms with van der Waals surface area (Å²) < 4.78 is 11.0. The number of benzene rings is 1. The fourth-order valence-electron chi connectivity index (χ4n) is 2.37. The van der Waals surface area contributed by atoms with Gasteiger partial charge in [-0.25, -0.2) is 0 Å². The van der Waals surface area contributed by atoms with E-state index in [0.29, 0.717) is 13.2 Å². The zero-order chi connectivity index (χ0) is 13.7. The van der Waals surface area contributed by atoms with Crippen LogP contribution >= 0.6 is 0 Å². The molecule has 0 spiro atoms. The molecule has 1 saturated heterocycles. The molecule has 1 aromatic rings. The third-order valence-corrected chi connectivity index (χ3v) is 3.77. The van der Waals surface area contributed by atoms with Crippen molar-refractivity contribution in [1.82, 2.24) is 0 Å². The first-order chi connectivity index (χ1) is 9.20. The average Bonchev–Trinajstić information content (AvgIpc) is 2.82. The van der Waals surface area contributed by atoms with Gasteiger partial charge in [0.25, 0.3) is 0 Å². The second kappa shape index (κ2) is 6.37. The molecule has 4 heteroatoms. The third kappa shape index (κ3) is 3.08. The van der Waals surface area contributed by atoms with Crippen LogP contribution < -0.4 is 10.5 Å². The van der Waals surface area contributed by atoms with Gasteiger partial charge in [0.1, 0.15) is 5.75 Å². The third-order valence-electron chi connectivity index (χ3n) is 3.77. The minimum Gasteiger partial charge on any atom is -0.494 e. The van der Waals surface area contributed by atoms with Crippen LogP contribution in [0.1, 0.15) is 25.3 Å². The average molecular weight is 265 g/mol. The highest BCUT2D eigenvalue weighted by atomic mass is 16.5. The number of hydrogen-bond acceptors (Lipinski definition) is 4. The molecule has 0 aromatic heterocycles. The standard InChI is InChI=1S/C15H23NO3/c1-2-3-8-19-14-6-4-12(5-7-14)15(16)11-18-10-13(15)9-17/h4-7,13,17H,2-3,8-11,16H2,1H3/t13-,15-/m1/s1. The van der Waals surface area contributed by atoms with E-state index in [0.717, 1.165) is 30.8 Å². The largest absolute Gasteiger partial charge is 0.494 e. The summed E-state index contributed by atoms with van der Waals surface area (Å²) in [6, 6.07) is 7.82. The first-order valence-electron chi connectivity index (χ1n) is 6.91. The van der Waals surface area contributed by atoms with Crippen molar-refractivity contribution in [1.29, 1.82) is 0 Å². The van der Waals surface area contributed by atoms with Gasteiger partial charge < -0.3 is 20.3 Å². The van der Waals surface area contributed by atoms with E-state index in [1.54, 1.807) is 0 Å². The van der Waals surface area contributed by atoms with Gasteiger partial charge in [0.2, 0.25) is 0 Å². The Balaban J connectivity index is 2.05. The molecule has 1 aliphatic heterocycles. The SMILES string of the molecule is CCCCOc1ccc([C@]2(N)COC[C@H]2CO)cc1. The number of ether oxygens (including phenoxy) is 2. The predicted octanol–water partition coefficient (Wildman–Crippen LogP) is 1.66. The summed E-state index contributed by atoms with van der Waals surface area (Å²) in [7, 11) is 0. The Morgan fingerprint density at radius 1 is 1.42 bits per heavy atom. The van der Waals surface area contributed by atoms with Crippen LogP contribution in [0.5, 0.6) is 5.75 Å². The molecule has 1 heterocycles. The summed E-state index contributed by atoms with van der Waals surface area (Å²) in [4.78, 5) is 0. The molecular formula is C15H23NO3. The van der Waals surface area contributed by atoms with Crippen molar-refractivity contribution < 1.29 is 14.6 Å². The molecule has 106 valence electrons. The predicted molar refractivity (Wildman–Crippen MR) is 74.1 cm³/mol. The highest BCUT2D eigenvalue weighted by Gasteiger charge is 2.41. The molecule has 0 aliphatic carbocycles. The number of nitrogens with two attached hydrogens (primary N) is 1. The fourth-order valence-corrected chi connectivity index (χ4v) is 2.37. The van der Waals surface area contributed by atoms with Crippen LogP contribution in [0, 0.1) is 5.92 Å². The van der Waals surface area contributed by atoms with E-state index in [2.05, 4.69) is 6.92 Å². The normalized spacial score (nSPS) is 26.6. The van der Waals surface area contributed by atoms with Crippen LogP contribution in [0.25, 0.3) is 0 Å². The van der Waals surface area contributed by atoms with Crippen LogP contribution in [0.4, 0.5) is 0 Å². The van der Waals surface area contributed by atoms with Crippen molar-refractivity contribution in [3.05, 3.63) is 29.8 Å². The van der Waals surface area contributed by atoms with E-state index in [1.807, 2.05) is 24.3 Å². The quantitative estimate of drug-likeness (QED) is 0.768. The molecule has 2 atom stereocenters.